The van der Waals surface area contributed by atoms with Gasteiger partial charge in [-0.05, 0) is 31.0 Å². The number of carbonyl (C=O) groups is 1. The van der Waals surface area contributed by atoms with Crippen LogP contribution in [0.1, 0.15) is 35.4 Å². The summed E-state index contributed by atoms with van der Waals surface area (Å²) in [6.45, 7) is 2.02. The minimum Gasteiger partial charge on any atom is -0.469 e. The molecule has 0 aliphatic heterocycles. The van der Waals surface area contributed by atoms with Gasteiger partial charge in [0.1, 0.15) is 5.76 Å². The molecule has 0 saturated heterocycles. The van der Waals surface area contributed by atoms with Crippen LogP contribution in [0, 0.1) is 0 Å². The first-order chi connectivity index (χ1) is 12.2. The molecule has 3 rings (SSSR count). The molecule has 25 heavy (non-hydrogen) atoms. The number of benzene rings is 1. The van der Waals surface area contributed by atoms with Crippen molar-refractivity contribution < 1.29 is 9.21 Å². The summed E-state index contributed by atoms with van der Waals surface area (Å²) >= 11 is 1.61. The highest BCUT2D eigenvalue weighted by Crippen LogP contribution is 2.15. The average molecular weight is 354 g/mol. The average Bonchev–Trinajstić information content (AvgIpc) is 3.26. The summed E-state index contributed by atoms with van der Waals surface area (Å²) in [4.78, 5) is 16.8. The van der Waals surface area contributed by atoms with Gasteiger partial charge in [0.05, 0.1) is 23.4 Å². The Morgan fingerprint density at radius 3 is 2.84 bits per heavy atom. The second-order valence-corrected chi connectivity index (χ2v) is 7.10. The molecule has 130 valence electrons. The molecule has 2 heterocycles. The van der Waals surface area contributed by atoms with Crippen LogP contribution in [-0.4, -0.2) is 16.9 Å². The predicted molar refractivity (Wildman–Crippen MR) is 99.7 cm³/mol. The standard InChI is InChI=1S/C20H22N2O2S/c1-15(9-10-18-8-5-11-24-18)21-19(23)13-17-14-25-20(22-17)12-16-6-3-2-4-7-16/h2-8,11,14-15H,9-10,12-13H2,1H3,(H,21,23). The second-order valence-electron chi connectivity index (χ2n) is 6.16. The summed E-state index contributed by atoms with van der Waals surface area (Å²) in [7, 11) is 0. The molecular formula is C20H22N2O2S. The first-order valence-electron chi connectivity index (χ1n) is 8.48. The van der Waals surface area contributed by atoms with Gasteiger partial charge in [0.2, 0.25) is 5.91 Å². The SMILES string of the molecule is CC(CCc1ccco1)NC(=O)Cc1csc(Cc2ccccc2)n1. The highest BCUT2D eigenvalue weighted by Gasteiger charge is 2.11. The van der Waals surface area contributed by atoms with Crippen LogP contribution in [0.25, 0.3) is 0 Å². The minimum absolute atomic E-state index is 0.0171. The lowest BCUT2D eigenvalue weighted by molar-refractivity contribution is -0.121. The van der Waals surface area contributed by atoms with Crippen molar-refractivity contribution in [2.45, 2.75) is 38.6 Å². The summed E-state index contributed by atoms with van der Waals surface area (Å²) < 4.78 is 5.31. The van der Waals surface area contributed by atoms with E-state index in [-0.39, 0.29) is 11.9 Å². The number of aromatic nitrogens is 1. The van der Waals surface area contributed by atoms with Crippen molar-refractivity contribution in [3.63, 3.8) is 0 Å². The zero-order chi connectivity index (χ0) is 17.5. The van der Waals surface area contributed by atoms with Crippen LogP contribution in [-0.2, 0) is 24.1 Å². The number of carbonyl (C=O) groups excluding carboxylic acids is 1. The Hall–Kier alpha value is -2.40. The lowest BCUT2D eigenvalue weighted by Crippen LogP contribution is -2.34. The molecule has 0 fully saturated rings. The fourth-order valence-electron chi connectivity index (χ4n) is 2.66. The third kappa shape index (κ3) is 5.57. The highest BCUT2D eigenvalue weighted by atomic mass is 32.1. The number of nitrogens with zero attached hydrogens (tertiary/aromatic N) is 1. The van der Waals surface area contributed by atoms with E-state index in [1.54, 1.807) is 17.6 Å². The number of aryl methyl sites for hydroxylation is 1. The summed E-state index contributed by atoms with van der Waals surface area (Å²) in [6.07, 6.45) is 4.50. The summed E-state index contributed by atoms with van der Waals surface area (Å²) in [5.74, 6) is 0.967. The zero-order valence-corrected chi connectivity index (χ0v) is 15.1. The Kier molecular flexibility index (Phi) is 6.01. The Balaban J connectivity index is 1.44. The van der Waals surface area contributed by atoms with Crippen LogP contribution in [0.3, 0.4) is 0 Å². The molecule has 4 nitrogen and oxygen atoms in total. The molecule has 3 aromatic rings. The second kappa shape index (κ2) is 8.62. The maximum absolute atomic E-state index is 12.2. The molecule has 1 N–H and O–H groups in total. The van der Waals surface area contributed by atoms with Gasteiger partial charge in [-0.15, -0.1) is 11.3 Å². The molecular weight excluding hydrogens is 332 g/mol. The van der Waals surface area contributed by atoms with Crippen LogP contribution < -0.4 is 5.32 Å². The first-order valence-corrected chi connectivity index (χ1v) is 9.36. The molecule has 1 aromatic carbocycles. The van der Waals surface area contributed by atoms with Gasteiger partial charge in [0.25, 0.3) is 0 Å². The Morgan fingerprint density at radius 2 is 2.08 bits per heavy atom. The predicted octanol–water partition coefficient (Wildman–Crippen LogP) is 4.01. The monoisotopic (exact) mass is 354 g/mol. The van der Waals surface area contributed by atoms with Crippen molar-refractivity contribution >= 4 is 17.2 Å². The molecule has 5 heteroatoms. The number of hydrogen-bond donors (Lipinski definition) is 1. The van der Waals surface area contributed by atoms with E-state index in [1.165, 1.54) is 5.56 Å². The Bertz CT molecular complexity index is 781. The molecule has 1 amide bonds. The third-order valence-corrected chi connectivity index (χ3v) is 4.85. The van der Waals surface area contributed by atoms with E-state index in [9.17, 15) is 4.79 Å². The largest absolute Gasteiger partial charge is 0.469 e. The van der Waals surface area contributed by atoms with Gasteiger partial charge >= 0.3 is 0 Å². The zero-order valence-electron chi connectivity index (χ0n) is 14.3. The molecule has 0 aliphatic carbocycles. The molecule has 1 atom stereocenters. The normalized spacial score (nSPS) is 12.0. The third-order valence-electron chi connectivity index (χ3n) is 3.95. The van der Waals surface area contributed by atoms with E-state index in [2.05, 4.69) is 22.4 Å². The van der Waals surface area contributed by atoms with E-state index >= 15 is 0 Å². The molecule has 0 radical (unpaired) electrons. The van der Waals surface area contributed by atoms with E-state index in [0.29, 0.717) is 6.42 Å². The van der Waals surface area contributed by atoms with Crippen LogP contribution >= 0.6 is 11.3 Å². The summed E-state index contributed by atoms with van der Waals surface area (Å²) in [5, 5.41) is 6.05. The van der Waals surface area contributed by atoms with Gasteiger partial charge in [0, 0.05) is 24.3 Å². The van der Waals surface area contributed by atoms with Crippen molar-refractivity contribution in [2.75, 3.05) is 0 Å². The van der Waals surface area contributed by atoms with Crippen LogP contribution in [0.5, 0.6) is 0 Å². The van der Waals surface area contributed by atoms with Gasteiger partial charge in [-0.25, -0.2) is 4.98 Å². The quantitative estimate of drug-likeness (QED) is 0.665. The van der Waals surface area contributed by atoms with E-state index in [4.69, 9.17) is 4.42 Å². The smallest absolute Gasteiger partial charge is 0.226 e. The number of amides is 1. The molecule has 0 spiro atoms. The van der Waals surface area contributed by atoms with Gasteiger partial charge in [-0.2, -0.15) is 0 Å². The topological polar surface area (TPSA) is 55.1 Å². The summed E-state index contributed by atoms with van der Waals surface area (Å²) in [5.41, 5.74) is 2.08. The Labute approximate surface area is 151 Å². The van der Waals surface area contributed by atoms with Crippen molar-refractivity contribution in [1.82, 2.24) is 10.3 Å². The molecule has 2 aromatic heterocycles. The van der Waals surface area contributed by atoms with E-state index in [0.717, 1.165) is 35.7 Å². The van der Waals surface area contributed by atoms with Gasteiger partial charge in [-0.3, -0.25) is 4.79 Å². The molecule has 0 saturated carbocycles. The van der Waals surface area contributed by atoms with Crippen LogP contribution in [0.15, 0.2) is 58.5 Å². The lowest BCUT2D eigenvalue weighted by atomic mass is 10.1. The van der Waals surface area contributed by atoms with E-state index < -0.39 is 0 Å². The van der Waals surface area contributed by atoms with Gasteiger partial charge in [0.15, 0.2) is 0 Å². The van der Waals surface area contributed by atoms with E-state index in [1.807, 2.05) is 42.6 Å². The van der Waals surface area contributed by atoms with Gasteiger partial charge in [-0.1, -0.05) is 30.3 Å². The number of nitrogens with one attached hydrogen (secondary N) is 1. The molecule has 0 aliphatic rings. The van der Waals surface area contributed by atoms with Crippen LogP contribution in [0.2, 0.25) is 0 Å². The Morgan fingerprint density at radius 1 is 1.24 bits per heavy atom. The fraction of sp³-hybridized carbons (Fsp3) is 0.300. The number of furan rings is 1. The molecule has 0 bridgehead atoms. The van der Waals surface area contributed by atoms with Crippen LogP contribution in [0.4, 0.5) is 0 Å². The lowest BCUT2D eigenvalue weighted by Gasteiger charge is -2.12. The van der Waals surface area contributed by atoms with Crippen molar-refractivity contribution in [2.24, 2.45) is 0 Å². The first kappa shape index (κ1) is 17.4. The number of hydrogen-bond acceptors (Lipinski definition) is 4. The summed E-state index contributed by atoms with van der Waals surface area (Å²) in [6, 6.07) is 14.2. The van der Waals surface area contributed by atoms with Crippen molar-refractivity contribution in [3.8, 4) is 0 Å². The fourth-order valence-corrected chi connectivity index (χ4v) is 3.49. The maximum Gasteiger partial charge on any atom is 0.226 e. The van der Waals surface area contributed by atoms with Crippen molar-refractivity contribution in [3.05, 3.63) is 76.1 Å². The number of thiazole rings is 1. The highest BCUT2D eigenvalue weighted by molar-refractivity contribution is 7.09. The van der Waals surface area contributed by atoms with Crippen molar-refractivity contribution in [1.29, 1.82) is 0 Å². The molecule has 1 unspecified atom stereocenters. The minimum atomic E-state index is 0.0171. The maximum atomic E-state index is 12.2. The number of rotatable bonds is 8. The van der Waals surface area contributed by atoms with Gasteiger partial charge < -0.3 is 9.73 Å².